The first kappa shape index (κ1) is 51.0. The van der Waals surface area contributed by atoms with Crippen molar-refractivity contribution in [2.75, 3.05) is 6.54 Å². The summed E-state index contributed by atoms with van der Waals surface area (Å²) in [7, 11) is 0. The molecule has 0 unspecified atom stereocenters. The molecule has 1 aromatic heterocycles. The molecule has 1 heterocycles. The average Bonchev–Trinajstić information content (AvgIpc) is 3.71. The number of aliphatic carboxylic acids is 2. The van der Waals surface area contributed by atoms with Crippen LogP contribution in [-0.2, 0) is 60.8 Å². The molecule has 2 rings (SSSR count). The number of nitrogens with two attached hydrogens (primary N) is 2. The maximum Gasteiger partial charge on any atom is 0.326 e. The number of carbonyl (C=O) groups excluding carboxylic acids is 8. The molecule has 0 saturated heterocycles. The Bertz CT molecular complexity index is 1910. The second kappa shape index (κ2) is 24.8. The molecule has 25 nitrogen and oxygen atoms in total. The number of carbonyl (C=O) groups is 10. The Morgan fingerprint density at radius 1 is 0.694 bits per heavy atom. The molecule has 8 atom stereocenters. The summed E-state index contributed by atoms with van der Waals surface area (Å²) in [6, 6.07) is -4.64. The summed E-state index contributed by atoms with van der Waals surface area (Å²) in [5.74, 6) is -10.6. The van der Waals surface area contributed by atoms with Gasteiger partial charge in [0.2, 0.25) is 47.3 Å². The summed E-state index contributed by atoms with van der Waals surface area (Å²) in [6.45, 7) is 2.88. The Labute approximate surface area is 353 Å². The molecule has 8 amide bonds. The van der Waals surface area contributed by atoms with Gasteiger partial charge in [0.05, 0.1) is 30.7 Å². The predicted molar refractivity (Wildman–Crippen MR) is 213 cm³/mol. The molecule has 0 aliphatic heterocycles. The average molecular weight is 876 g/mol. The second-order valence-electron chi connectivity index (χ2n) is 14.2. The van der Waals surface area contributed by atoms with Crippen LogP contribution in [0.15, 0.2) is 36.8 Å². The first-order chi connectivity index (χ1) is 29.1. The highest BCUT2D eigenvalue weighted by Gasteiger charge is 2.34. The van der Waals surface area contributed by atoms with Gasteiger partial charge in [0, 0.05) is 31.9 Å². The molecule has 25 heteroatoms. The van der Waals surface area contributed by atoms with Gasteiger partial charge >= 0.3 is 11.9 Å². The summed E-state index contributed by atoms with van der Waals surface area (Å²) in [4.78, 5) is 133. The maximum atomic E-state index is 13.6. The van der Waals surface area contributed by atoms with E-state index >= 15 is 0 Å². The van der Waals surface area contributed by atoms with E-state index < -0.39 is 140 Å². The molecule has 0 fully saturated rings. The van der Waals surface area contributed by atoms with Gasteiger partial charge in [-0.3, -0.25) is 43.2 Å². The number of aromatic nitrogens is 2. The normalized spacial score (nSPS) is 14.7. The Kier molecular flexibility index (Phi) is 20.4. The van der Waals surface area contributed by atoms with Crippen molar-refractivity contribution in [2.24, 2.45) is 11.5 Å². The van der Waals surface area contributed by atoms with Gasteiger partial charge in [0.1, 0.15) is 42.0 Å². The first-order valence-corrected chi connectivity index (χ1v) is 19.1. The highest BCUT2D eigenvalue weighted by atomic mass is 16.4. The summed E-state index contributed by atoms with van der Waals surface area (Å²) in [6.07, 6.45) is -1.32. The Balaban J connectivity index is 2.14. The van der Waals surface area contributed by atoms with Gasteiger partial charge in [-0.15, -0.1) is 0 Å². The van der Waals surface area contributed by atoms with Crippen molar-refractivity contribution in [3.8, 4) is 5.75 Å². The number of carboxylic acids is 2. The molecule has 2 aromatic rings. The van der Waals surface area contributed by atoms with Crippen LogP contribution in [0, 0.1) is 0 Å². The van der Waals surface area contributed by atoms with Crippen LogP contribution in [0.1, 0.15) is 57.7 Å². The van der Waals surface area contributed by atoms with Crippen molar-refractivity contribution in [2.45, 2.75) is 108 Å². The molecule has 1 aromatic carbocycles. The van der Waals surface area contributed by atoms with Crippen molar-refractivity contribution in [3.05, 3.63) is 48.0 Å². The second-order valence-corrected chi connectivity index (χ2v) is 14.2. The lowest BCUT2D eigenvalue weighted by Crippen LogP contribution is -2.61. The van der Waals surface area contributed by atoms with Crippen LogP contribution in [0.2, 0.25) is 0 Å². The topological polar surface area (TPSA) is 417 Å². The number of hydrogen-bond acceptors (Lipinski definition) is 14. The van der Waals surface area contributed by atoms with E-state index in [2.05, 4.69) is 47.2 Å². The number of aromatic amines is 1. The Morgan fingerprint density at radius 2 is 1.26 bits per heavy atom. The van der Waals surface area contributed by atoms with Crippen molar-refractivity contribution < 1.29 is 68.4 Å². The molecule has 340 valence electrons. The van der Waals surface area contributed by atoms with Crippen LogP contribution < -0.4 is 48.7 Å². The fourth-order valence-corrected chi connectivity index (χ4v) is 5.42. The number of benzene rings is 1. The van der Waals surface area contributed by atoms with Gasteiger partial charge in [-0.2, -0.15) is 0 Å². The first-order valence-electron chi connectivity index (χ1n) is 19.1. The zero-order valence-electron chi connectivity index (χ0n) is 34.0. The van der Waals surface area contributed by atoms with E-state index in [-0.39, 0.29) is 18.6 Å². The number of aromatic hydroxyl groups is 1. The SMILES string of the molecule is C[C@H](N)C(=O)N[C@@H](Cc1c[nH]cn1)C(=O)N[C@@H](CCC(N)=O)C(=O)N[C@H](C(=O)N[C@@H](CCC(=O)O)C(=O)NCC(=O)N[C@@H](C)C(=O)N[C@@H](Cc1ccc(O)cc1)C(=O)O)[C@@H](C)O. The van der Waals surface area contributed by atoms with E-state index in [0.717, 1.165) is 6.92 Å². The standard InChI is InChI=1S/C37H53N11O14/c1-17(38)31(55)46-25(13-21-14-40-16-42-21)35(59)44-24(8-10-27(39)51)34(58)48-30(19(3)49)36(60)45-23(9-11-29(53)54)33(57)41-15-28(52)43-18(2)32(56)47-26(37(61)62)12-20-4-6-22(50)7-5-20/h4-7,14,16-19,23-26,30,49-50H,8-13,15,38H2,1-3H3,(H2,39,51)(H,40,42)(H,41,57)(H,43,52)(H,44,59)(H,45,60)(H,46,55)(H,47,56)(H,48,58)(H,53,54)(H,61,62)/t17-,18-,19+,23-,24-,25-,26-,30-/m0/s1. The Morgan fingerprint density at radius 3 is 1.81 bits per heavy atom. The lowest BCUT2D eigenvalue weighted by molar-refractivity contribution is -0.142. The van der Waals surface area contributed by atoms with Gasteiger partial charge in [0.25, 0.3) is 0 Å². The van der Waals surface area contributed by atoms with Gasteiger partial charge < -0.3 is 74.1 Å². The summed E-state index contributed by atoms with van der Waals surface area (Å²) >= 11 is 0. The lowest BCUT2D eigenvalue weighted by atomic mass is 10.0. The lowest BCUT2D eigenvalue weighted by Gasteiger charge is -2.27. The highest BCUT2D eigenvalue weighted by molar-refractivity contribution is 5.97. The summed E-state index contributed by atoms with van der Waals surface area (Å²) < 4.78 is 0. The maximum absolute atomic E-state index is 13.6. The van der Waals surface area contributed by atoms with Crippen molar-refractivity contribution in [3.63, 3.8) is 0 Å². The highest BCUT2D eigenvalue weighted by Crippen LogP contribution is 2.12. The number of phenols is 1. The van der Waals surface area contributed by atoms with Gasteiger partial charge in [-0.25, -0.2) is 9.78 Å². The third-order valence-electron chi connectivity index (χ3n) is 8.85. The molecule has 0 bridgehead atoms. The number of imidazole rings is 1. The zero-order valence-corrected chi connectivity index (χ0v) is 34.0. The molecular formula is C37H53N11O14. The molecule has 62 heavy (non-hydrogen) atoms. The fraction of sp³-hybridized carbons (Fsp3) is 0.486. The van der Waals surface area contributed by atoms with E-state index in [1.165, 1.54) is 50.6 Å². The van der Waals surface area contributed by atoms with Crippen molar-refractivity contribution in [1.82, 2.24) is 47.2 Å². The summed E-state index contributed by atoms with van der Waals surface area (Å²) in [5, 5.41) is 54.8. The van der Waals surface area contributed by atoms with E-state index in [4.69, 9.17) is 11.5 Å². The molecule has 16 N–H and O–H groups in total. The third-order valence-corrected chi connectivity index (χ3v) is 8.85. The number of phenolic OH excluding ortho intramolecular Hbond substituents is 1. The molecular weight excluding hydrogens is 822 g/mol. The van der Waals surface area contributed by atoms with Gasteiger partial charge in [-0.05, 0) is 51.3 Å². The molecule has 0 aliphatic carbocycles. The van der Waals surface area contributed by atoms with Gasteiger partial charge in [-0.1, -0.05) is 12.1 Å². The van der Waals surface area contributed by atoms with Crippen LogP contribution >= 0.6 is 0 Å². The van der Waals surface area contributed by atoms with Crippen LogP contribution in [0.25, 0.3) is 0 Å². The molecule has 0 radical (unpaired) electrons. The van der Waals surface area contributed by atoms with Crippen molar-refractivity contribution >= 4 is 59.2 Å². The smallest absolute Gasteiger partial charge is 0.326 e. The molecule has 0 aliphatic rings. The number of aliphatic hydroxyl groups is 1. The number of aliphatic hydroxyl groups excluding tert-OH is 1. The number of amides is 8. The van der Waals surface area contributed by atoms with Crippen LogP contribution in [0.4, 0.5) is 0 Å². The third kappa shape index (κ3) is 18.0. The number of rotatable bonds is 26. The van der Waals surface area contributed by atoms with E-state index in [1.807, 2.05) is 0 Å². The van der Waals surface area contributed by atoms with Crippen LogP contribution in [0.3, 0.4) is 0 Å². The van der Waals surface area contributed by atoms with E-state index in [1.54, 1.807) is 0 Å². The van der Waals surface area contributed by atoms with Crippen LogP contribution in [0.5, 0.6) is 5.75 Å². The number of H-pyrrole nitrogens is 1. The monoisotopic (exact) mass is 875 g/mol. The Hall–Kier alpha value is -7.15. The van der Waals surface area contributed by atoms with E-state index in [9.17, 15) is 68.4 Å². The van der Waals surface area contributed by atoms with Gasteiger partial charge in [0.15, 0.2) is 0 Å². The number of nitrogens with one attached hydrogen (secondary N) is 8. The van der Waals surface area contributed by atoms with E-state index in [0.29, 0.717) is 11.3 Å². The molecule has 0 saturated carbocycles. The van der Waals surface area contributed by atoms with Crippen LogP contribution in [-0.4, -0.2) is 145 Å². The zero-order chi connectivity index (χ0) is 46.7. The number of nitrogens with zero attached hydrogens (tertiary/aromatic N) is 1. The predicted octanol–water partition coefficient (Wildman–Crippen LogP) is -5.11. The minimum Gasteiger partial charge on any atom is -0.508 e. The van der Waals surface area contributed by atoms with Crippen molar-refractivity contribution in [1.29, 1.82) is 0 Å². The fourth-order valence-electron chi connectivity index (χ4n) is 5.42. The number of primary amides is 1. The number of carboxylic acid groups (broad SMARTS) is 2. The minimum atomic E-state index is -1.86. The summed E-state index contributed by atoms with van der Waals surface area (Å²) in [5.41, 5.74) is 11.7. The quantitative estimate of drug-likeness (QED) is 0.0420. The number of hydrogen-bond donors (Lipinski definition) is 14. The molecule has 0 spiro atoms. The largest absolute Gasteiger partial charge is 0.508 e. The minimum absolute atomic E-state index is 0.0517.